The Morgan fingerprint density at radius 3 is 2.82 bits per heavy atom. The van der Waals surface area contributed by atoms with E-state index in [1.54, 1.807) is 13.4 Å². The van der Waals surface area contributed by atoms with Gasteiger partial charge in [0.2, 0.25) is 18.5 Å². The monoisotopic (exact) mass is 241 g/mol. The number of nitrogens with zero attached hydrogens (tertiary/aromatic N) is 3. The van der Waals surface area contributed by atoms with Gasteiger partial charge in [0, 0.05) is 27.1 Å². The summed E-state index contributed by atoms with van der Waals surface area (Å²) in [7, 11) is 3.15. The summed E-state index contributed by atoms with van der Waals surface area (Å²) in [5.41, 5.74) is 0. The van der Waals surface area contributed by atoms with Crippen LogP contribution in [0, 0.1) is 0 Å². The topological polar surface area (TPSA) is 75.9 Å². The molecule has 2 atom stereocenters. The van der Waals surface area contributed by atoms with Crippen LogP contribution in [0.1, 0.15) is 6.42 Å². The molecule has 7 nitrogen and oxygen atoms in total. The molecule has 17 heavy (non-hydrogen) atoms. The zero-order valence-electron chi connectivity index (χ0n) is 9.96. The Labute approximate surface area is 99.3 Å². The van der Waals surface area contributed by atoms with E-state index < -0.39 is 6.04 Å². The van der Waals surface area contributed by atoms with Gasteiger partial charge in [-0.1, -0.05) is 0 Å². The van der Waals surface area contributed by atoms with Gasteiger partial charge >= 0.3 is 6.03 Å². The molecular weight excluding hydrogens is 224 g/mol. The van der Waals surface area contributed by atoms with Gasteiger partial charge < -0.3 is 5.11 Å². The Balaban J connectivity index is 2.19. The number of urea groups is 1. The summed E-state index contributed by atoms with van der Waals surface area (Å²) in [6, 6.07) is -0.699. The first-order chi connectivity index (χ1) is 8.07. The van der Waals surface area contributed by atoms with Gasteiger partial charge in [-0.2, -0.15) is 0 Å². The van der Waals surface area contributed by atoms with Crippen LogP contribution in [-0.2, 0) is 4.79 Å². The molecule has 0 aromatic rings. The number of hydrogen-bond acceptors (Lipinski definition) is 4. The minimum Gasteiger partial charge on any atom is -0.396 e. The zero-order chi connectivity index (χ0) is 12.6. The van der Waals surface area contributed by atoms with Crippen LogP contribution < -0.4 is 5.32 Å². The van der Waals surface area contributed by atoms with Gasteiger partial charge in [0.05, 0.1) is 6.54 Å². The number of aliphatic hydroxyl groups is 1. The molecular formula is C10H17N4O3+. The average molecular weight is 241 g/mol. The zero-order valence-corrected chi connectivity index (χ0v) is 9.96. The molecule has 7 heteroatoms. The first-order valence-corrected chi connectivity index (χ1v) is 5.58. The molecule has 2 aliphatic heterocycles. The Hall–Kier alpha value is -1.63. The molecule has 2 heterocycles. The summed E-state index contributed by atoms with van der Waals surface area (Å²) in [6.45, 7) is 0.673. The van der Waals surface area contributed by atoms with Crippen LogP contribution in [0.2, 0.25) is 0 Å². The summed E-state index contributed by atoms with van der Waals surface area (Å²) < 4.78 is 1.84. The summed E-state index contributed by atoms with van der Waals surface area (Å²) in [5.74, 6) is -0.211. The number of amides is 3. The van der Waals surface area contributed by atoms with Crippen LogP contribution >= 0.6 is 0 Å². The smallest absolute Gasteiger partial charge is 0.329 e. The number of rotatable bonds is 3. The molecule has 3 amide bonds. The first kappa shape index (κ1) is 11.8. The molecule has 2 rings (SSSR count). The van der Waals surface area contributed by atoms with Gasteiger partial charge in [-0.05, 0) is 0 Å². The average Bonchev–Trinajstić information content (AvgIpc) is 2.75. The number of carbonyl (C=O) groups is 2. The van der Waals surface area contributed by atoms with Crippen LogP contribution in [-0.4, -0.2) is 77.2 Å². The lowest BCUT2D eigenvalue weighted by Crippen LogP contribution is -2.65. The van der Waals surface area contributed by atoms with E-state index in [4.69, 9.17) is 5.11 Å². The van der Waals surface area contributed by atoms with Crippen LogP contribution in [0.5, 0.6) is 0 Å². The normalized spacial score (nSPS) is 28.1. The largest absolute Gasteiger partial charge is 0.396 e. The van der Waals surface area contributed by atoms with Crippen molar-refractivity contribution in [3.63, 3.8) is 0 Å². The molecule has 0 radical (unpaired) electrons. The minimum absolute atomic E-state index is 0.0839. The molecule has 0 aromatic carbocycles. The lowest BCUT2D eigenvalue weighted by molar-refractivity contribution is -0.547. The highest BCUT2D eigenvalue weighted by Crippen LogP contribution is 2.18. The van der Waals surface area contributed by atoms with Crippen molar-refractivity contribution < 1.29 is 19.3 Å². The molecule has 0 saturated carbocycles. The van der Waals surface area contributed by atoms with E-state index in [0.29, 0.717) is 13.0 Å². The SMILES string of the molecule is CN1C(=O)[C@@H]2[C@H](NC=[N+]2CCCO)N(C)C1=O. The summed E-state index contributed by atoms with van der Waals surface area (Å²) >= 11 is 0. The number of aliphatic hydroxyl groups excluding tert-OH is 1. The lowest BCUT2D eigenvalue weighted by atomic mass is 10.1. The lowest BCUT2D eigenvalue weighted by Gasteiger charge is -2.35. The maximum atomic E-state index is 12.1. The third kappa shape index (κ3) is 1.76. The van der Waals surface area contributed by atoms with E-state index in [1.165, 1.54) is 11.9 Å². The number of likely N-dealkylation sites (N-methyl/N-ethyl adjacent to an activating group) is 2. The Bertz CT molecular complexity index is 382. The van der Waals surface area contributed by atoms with Gasteiger partial charge in [0.1, 0.15) is 0 Å². The Morgan fingerprint density at radius 1 is 1.47 bits per heavy atom. The van der Waals surface area contributed by atoms with Crippen molar-refractivity contribution in [1.82, 2.24) is 15.1 Å². The van der Waals surface area contributed by atoms with Gasteiger partial charge in [0.15, 0.2) is 0 Å². The molecule has 2 aliphatic rings. The van der Waals surface area contributed by atoms with Gasteiger partial charge in [-0.3, -0.25) is 24.5 Å². The highest BCUT2D eigenvalue weighted by molar-refractivity contribution is 6.00. The third-order valence-corrected chi connectivity index (χ3v) is 3.23. The van der Waals surface area contributed by atoms with Crippen molar-refractivity contribution in [2.75, 3.05) is 27.2 Å². The summed E-state index contributed by atoms with van der Waals surface area (Å²) in [5, 5.41) is 11.8. The fourth-order valence-electron chi connectivity index (χ4n) is 2.23. The predicted octanol–water partition coefficient (Wildman–Crippen LogP) is -1.77. The standard InChI is InChI=1S/C10H16N4O3/c1-12-8-7(9(16)13(2)10(12)17)14(6-11-8)4-3-5-15/h6-8,15H,3-5H2,1-2H3/p+1/t7-,8+/m0/s1. The summed E-state index contributed by atoms with van der Waals surface area (Å²) in [6.07, 6.45) is 1.99. The third-order valence-electron chi connectivity index (χ3n) is 3.23. The van der Waals surface area contributed by atoms with Gasteiger partial charge in [-0.25, -0.2) is 4.79 Å². The highest BCUT2D eigenvalue weighted by Gasteiger charge is 2.52. The molecule has 0 spiro atoms. The molecule has 1 fully saturated rings. The number of carbonyl (C=O) groups excluding carboxylic acids is 2. The van der Waals surface area contributed by atoms with Crippen molar-refractivity contribution in [3.05, 3.63) is 0 Å². The van der Waals surface area contributed by atoms with E-state index in [2.05, 4.69) is 5.32 Å². The fraction of sp³-hybridized carbons (Fsp3) is 0.700. The second-order valence-corrected chi connectivity index (χ2v) is 4.29. The molecule has 0 bridgehead atoms. The van der Waals surface area contributed by atoms with Crippen LogP contribution in [0.15, 0.2) is 0 Å². The Kier molecular flexibility index (Phi) is 3.01. The maximum absolute atomic E-state index is 12.1. The van der Waals surface area contributed by atoms with Crippen LogP contribution in [0.4, 0.5) is 4.79 Å². The number of nitrogens with one attached hydrogen (secondary N) is 1. The van der Waals surface area contributed by atoms with Gasteiger partial charge in [0.25, 0.3) is 5.91 Å². The number of imide groups is 1. The molecule has 1 saturated heterocycles. The maximum Gasteiger partial charge on any atom is 0.329 e. The van der Waals surface area contributed by atoms with Crippen LogP contribution in [0.25, 0.3) is 0 Å². The van der Waals surface area contributed by atoms with E-state index in [0.717, 1.165) is 4.90 Å². The first-order valence-electron chi connectivity index (χ1n) is 5.58. The summed E-state index contributed by atoms with van der Waals surface area (Å²) in [4.78, 5) is 26.4. The van der Waals surface area contributed by atoms with Crippen molar-refractivity contribution in [2.24, 2.45) is 0 Å². The molecule has 0 aliphatic carbocycles. The second-order valence-electron chi connectivity index (χ2n) is 4.29. The van der Waals surface area contributed by atoms with E-state index in [9.17, 15) is 9.59 Å². The quantitative estimate of drug-likeness (QED) is 0.573. The fourth-order valence-corrected chi connectivity index (χ4v) is 2.23. The number of fused-ring (bicyclic) bond motifs is 1. The van der Waals surface area contributed by atoms with E-state index >= 15 is 0 Å². The second kappa shape index (κ2) is 4.33. The van der Waals surface area contributed by atoms with Gasteiger partial charge in [-0.15, -0.1) is 0 Å². The predicted molar refractivity (Wildman–Crippen MR) is 59.5 cm³/mol. The Morgan fingerprint density at radius 2 is 2.18 bits per heavy atom. The van der Waals surface area contributed by atoms with E-state index in [-0.39, 0.29) is 24.7 Å². The van der Waals surface area contributed by atoms with Crippen molar-refractivity contribution >= 4 is 18.3 Å². The van der Waals surface area contributed by atoms with Crippen molar-refractivity contribution in [2.45, 2.75) is 18.6 Å². The molecule has 0 unspecified atom stereocenters. The minimum atomic E-state index is -0.394. The van der Waals surface area contributed by atoms with Crippen LogP contribution in [0.3, 0.4) is 0 Å². The molecule has 0 aromatic heterocycles. The van der Waals surface area contributed by atoms with E-state index in [1.807, 2.05) is 4.58 Å². The molecule has 2 N–H and O–H groups in total. The number of hydrogen-bond donors (Lipinski definition) is 2. The van der Waals surface area contributed by atoms with Crippen molar-refractivity contribution in [3.8, 4) is 0 Å². The van der Waals surface area contributed by atoms with Crippen molar-refractivity contribution in [1.29, 1.82) is 0 Å². The molecule has 94 valence electrons. The highest BCUT2D eigenvalue weighted by atomic mass is 16.3.